The molecular formula is C19H22N4O2S. The Kier molecular flexibility index (Phi) is 4.80. The Morgan fingerprint density at radius 3 is 2.77 bits per heavy atom. The zero-order chi connectivity index (χ0) is 19.1. The lowest BCUT2D eigenvalue weighted by molar-refractivity contribution is 0.392. The van der Waals surface area contributed by atoms with Gasteiger partial charge in [-0.1, -0.05) is 39.5 Å². The molecule has 1 unspecified atom stereocenters. The van der Waals surface area contributed by atoms with Crippen LogP contribution in [0, 0.1) is 17.2 Å². The smallest absolute Gasteiger partial charge is 0.272 e. The summed E-state index contributed by atoms with van der Waals surface area (Å²) >= 11 is 1.55. The quantitative estimate of drug-likeness (QED) is 0.755. The monoisotopic (exact) mass is 370 g/mol. The first kappa shape index (κ1) is 18.5. The maximum Gasteiger partial charge on any atom is 0.272 e. The van der Waals surface area contributed by atoms with Crippen LogP contribution in [0.25, 0.3) is 11.3 Å². The van der Waals surface area contributed by atoms with Crippen molar-refractivity contribution in [3.8, 4) is 23.1 Å². The van der Waals surface area contributed by atoms with E-state index in [1.807, 2.05) is 12.1 Å². The molecule has 2 aromatic rings. The van der Waals surface area contributed by atoms with E-state index in [-0.39, 0.29) is 16.5 Å². The fourth-order valence-corrected chi connectivity index (χ4v) is 4.00. The van der Waals surface area contributed by atoms with Crippen molar-refractivity contribution in [2.75, 3.05) is 12.9 Å². The molecule has 136 valence electrons. The van der Waals surface area contributed by atoms with Crippen LogP contribution in [0.4, 0.5) is 0 Å². The molecule has 2 aromatic heterocycles. The number of fused-ring (bicyclic) bond motifs is 1. The summed E-state index contributed by atoms with van der Waals surface area (Å²) in [6, 6.07) is 3.84. The Bertz CT molecular complexity index is 954. The van der Waals surface area contributed by atoms with Gasteiger partial charge in [0.15, 0.2) is 5.16 Å². The largest absolute Gasteiger partial charge is 0.495 e. The van der Waals surface area contributed by atoms with Crippen LogP contribution in [-0.4, -0.2) is 27.4 Å². The van der Waals surface area contributed by atoms with E-state index in [0.717, 1.165) is 11.4 Å². The molecule has 1 aliphatic heterocycles. The molecule has 0 N–H and O–H groups in total. The number of nitriles is 1. The molecule has 7 heteroatoms. The lowest BCUT2D eigenvalue weighted by Gasteiger charge is -2.23. The van der Waals surface area contributed by atoms with Gasteiger partial charge < -0.3 is 4.74 Å². The predicted molar refractivity (Wildman–Crippen MR) is 102 cm³/mol. The van der Waals surface area contributed by atoms with Gasteiger partial charge in [-0.05, 0) is 12.0 Å². The van der Waals surface area contributed by atoms with Gasteiger partial charge in [-0.25, -0.2) is 4.98 Å². The van der Waals surface area contributed by atoms with E-state index in [1.165, 1.54) is 0 Å². The van der Waals surface area contributed by atoms with Gasteiger partial charge in [-0.3, -0.25) is 14.3 Å². The van der Waals surface area contributed by atoms with Gasteiger partial charge in [-0.15, -0.1) is 0 Å². The zero-order valence-electron chi connectivity index (χ0n) is 15.7. The molecule has 0 saturated heterocycles. The van der Waals surface area contributed by atoms with Crippen molar-refractivity contribution < 1.29 is 4.74 Å². The highest BCUT2D eigenvalue weighted by atomic mass is 32.2. The maximum atomic E-state index is 12.8. The highest BCUT2D eigenvalue weighted by Gasteiger charge is 2.25. The van der Waals surface area contributed by atoms with Gasteiger partial charge in [0.2, 0.25) is 0 Å². The van der Waals surface area contributed by atoms with Gasteiger partial charge in [0.1, 0.15) is 17.4 Å². The second kappa shape index (κ2) is 6.76. The number of ether oxygens (including phenoxy) is 1. The number of nitrogens with zero attached hydrogens (tertiary/aromatic N) is 4. The minimum absolute atomic E-state index is 0.0517. The highest BCUT2D eigenvalue weighted by molar-refractivity contribution is 7.99. The van der Waals surface area contributed by atoms with E-state index < -0.39 is 0 Å². The Morgan fingerprint density at radius 1 is 1.42 bits per heavy atom. The van der Waals surface area contributed by atoms with E-state index in [0.29, 0.717) is 34.6 Å². The van der Waals surface area contributed by atoms with E-state index in [9.17, 15) is 10.1 Å². The first-order valence-corrected chi connectivity index (χ1v) is 9.47. The van der Waals surface area contributed by atoms with Crippen molar-refractivity contribution in [2.45, 2.75) is 44.8 Å². The molecule has 0 aliphatic carbocycles. The lowest BCUT2D eigenvalue weighted by atomic mass is 9.90. The van der Waals surface area contributed by atoms with Crippen LogP contribution >= 0.6 is 11.8 Å². The molecular weight excluding hydrogens is 348 g/mol. The molecule has 0 bridgehead atoms. The molecule has 26 heavy (non-hydrogen) atoms. The molecule has 3 rings (SSSR count). The first-order chi connectivity index (χ1) is 12.3. The topological polar surface area (TPSA) is 80.8 Å². The zero-order valence-corrected chi connectivity index (χ0v) is 16.5. The number of rotatable bonds is 2. The maximum absolute atomic E-state index is 12.8. The molecule has 1 aliphatic rings. The molecule has 1 atom stereocenters. The van der Waals surface area contributed by atoms with E-state index >= 15 is 0 Å². The van der Waals surface area contributed by atoms with Crippen LogP contribution in [0.15, 0.2) is 22.2 Å². The third-order valence-corrected chi connectivity index (χ3v) is 5.60. The third-order valence-electron chi connectivity index (χ3n) is 4.29. The minimum atomic E-state index is -0.287. The van der Waals surface area contributed by atoms with Gasteiger partial charge in [-0.2, -0.15) is 5.26 Å². The average Bonchev–Trinajstić information content (AvgIpc) is 2.60. The van der Waals surface area contributed by atoms with Crippen LogP contribution in [0.3, 0.4) is 0 Å². The van der Waals surface area contributed by atoms with Crippen molar-refractivity contribution in [1.82, 2.24) is 14.5 Å². The molecule has 3 heterocycles. The Morgan fingerprint density at radius 2 is 2.15 bits per heavy atom. The van der Waals surface area contributed by atoms with Gasteiger partial charge in [0, 0.05) is 29.5 Å². The normalized spacial score (nSPS) is 16.7. The minimum Gasteiger partial charge on any atom is -0.495 e. The van der Waals surface area contributed by atoms with E-state index in [4.69, 9.17) is 4.74 Å². The molecule has 0 amide bonds. The molecule has 0 fully saturated rings. The van der Waals surface area contributed by atoms with Gasteiger partial charge >= 0.3 is 0 Å². The van der Waals surface area contributed by atoms with E-state index in [1.54, 1.807) is 29.6 Å². The number of pyridine rings is 1. The van der Waals surface area contributed by atoms with Crippen LogP contribution in [0.5, 0.6) is 5.75 Å². The Labute approximate surface area is 157 Å². The number of methoxy groups -OCH3 is 1. The molecule has 0 aromatic carbocycles. The standard InChI is InChI=1S/C19H22N4O2S/c1-11-9-23-17(24)13(7-20)15(22-18(23)26-10-11)12-6-14(25-5)16(21-8-12)19(2,3)4/h6,8,11H,9-10H2,1-5H3. The fraction of sp³-hybridized carbons (Fsp3) is 0.474. The number of hydrogen-bond acceptors (Lipinski definition) is 6. The lowest BCUT2D eigenvalue weighted by Crippen LogP contribution is -2.32. The second-order valence-corrected chi connectivity index (χ2v) is 8.57. The molecule has 6 nitrogen and oxygen atoms in total. The molecule has 0 radical (unpaired) electrons. The highest BCUT2D eigenvalue weighted by Crippen LogP contribution is 2.34. The van der Waals surface area contributed by atoms with E-state index in [2.05, 4.69) is 37.7 Å². The van der Waals surface area contributed by atoms with Crippen LogP contribution in [-0.2, 0) is 12.0 Å². The second-order valence-electron chi connectivity index (χ2n) is 7.59. The van der Waals surface area contributed by atoms with Crippen LogP contribution < -0.4 is 10.3 Å². The Hall–Kier alpha value is -2.33. The summed E-state index contributed by atoms with van der Waals surface area (Å²) in [7, 11) is 1.59. The fourth-order valence-electron chi connectivity index (χ4n) is 2.99. The summed E-state index contributed by atoms with van der Waals surface area (Å²) in [4.78, 5) is 22.0. The van der Waals surface area contributed by atoms with Crippen molar-refractivity contribution >= 4 is 11.8 Å². The van der Waals surface area contributed by atoms with Crippen molar-refractivity contribution in [3.05, 3.63) is 33.9 Å². The average molecular weight is 370 g/mol. The Balaban J connectivity index is 2.20. The summed E-state index contributed by atoms with van der Waals surface area (Å²) in [5.74, 6) is 1.90. The summed E-state index contributed by atoms with van der Waals surface area (Å²) in [6.07, 6.45) is 1.67. The van der Waals surface area contributed by atoms with Crippen LogP contribution in [0.1, 0.15) is 39.0 Å². The predicted octanol–water partition coefficient (Wildman–Crippen LogP) is 3.22. The summed E-state index contributed by atoms with van der Waals surface area (Å²) in [6.45, 7) is 8.84. The summed E-state index contributed by atoms with van der Waals surface area (Å²) < 4.78 is 7.11. The van der Waals surface area contributed by atoms with Crippen LogP contribution in [0.2, 0.25) is 0 Å². The number of aromatic nitrogens is 3. The first-order valence-electron chi connectivity index (χ1n) is 8.49. The summed E-state index contributed by atoms with van der Waals surface area (Å²) in [5.41, 5.74) is 1.39. The van der Waals surface area contributed by atoms with Crippen molar-refractivity contribution in [1.29, 1.82) is 5.26 Å². The molecule has 0 saturated carbocycles. The summed E-state index contributed by atoms with van der Waals surface area (Å²) in [5, 5.41) is 10.2. The third kappa shape index (κ3) is 3.21. The number of thioether (sulfide) groups is 1. The SMILES string of the molecule is COc1cc(-c2nc3n(c(=O)c2C#N)CC(C)CS3)cnc1C(C)(C)C. The number of hydrogen-bond donors (Lipinski definition) is 0. The molecule has 0 spiro atoms. The van der Waals surface area contributed by atoms with Gasteiger partial charge in [0.05, 0.1) is 18.5 Å². The van der Waals surface area contributed by atoms with Crippen molar-refractivity contribution in [2.24, 2.45) is 5.92 Å². The van der Waals surface area contributed by atoms with Crippen molar-refractivity contribution in [3.63, 3.8) is 0 Å². The van der Waals surface area contributed by atoms with Gasteiger partial charge in [0.25, 0.3) is 5.56 Å².